The smallest absolute Gasteiger partial charge is 0.309 e. The van der Waals surface area contributed by atoms with E-state index in [-0.39, 0.29) is 6.10 Å². The van der Waals surface area contributed by atoms with E-state index in [1.165, 1.54) is 0 Å². The second-order valence-electron chi connectivity index (χ2n) is 2.98. The highest BCUT2D eigenvalue weighted by Gasteiger charge is 2.32. The van der Waals surface area contributed by atoms with E-state index in [0.717, 1.165) is 6.42 Å². The first-order valence-corrected chi connectivity index (χ1v) is 4.26. The summed E-state index contributed by atoms with van der Waals surface area (Å²) in [6, 6.07) is 0. The fourth-order valence-electron chi connectivity index (χ4n) is 1.40. The third kappa shape index (κ3) is 2.19. The van der Waals surface area contributed by atoms with Crippen LogP contribution in [0, 0.1) is 5.92 Å². The lowest BCUT2D eigenvalue weighted by Crippen LogP contribution is -2.27. The molecule has 1 fully saturated rings. The minimum Gasteiger partial charge on any atom is -0.481 e. The van der Waals surface area contributed by atoms with Crippen molar-refractivity contribution in [3.63, 3.8) is 0 Å². The maximum Gasteiger partial charge on any atom is 0.309 e. The van der Waals surface area contributed by atoms with Crippen molar-refractivity contribution in [3.05, 3.63) is 0 Å². The normalized spacial score (nSPS) is 25.6. The van der Waals surface area contributed by atoms with Crippen LogP contribution in [0.2, 0.25) is 0 Å². The number of carboxylic acid groups (broad SMARTS) is 1. The maximum absolute atomic E-state index is 10.7. The van der Waals surface area contributed by atoms with Crippen LogP contribution in [0.1, 0.15) is 26.2 Å². The lowest BCUT2D eigenvalue weighted by molar-refractivity contribution is -0.282. The van der Waals surface area contributed by atoms with Gasteiger partial charge in [0.2, 0.25) is 0 Å². The first-order valence-electron chi connectivity index (χ1n) is 4.26. The first-order chi connectivity index (χ1) is 5.75. The topological polar surface area (TPSA) is 55.8 Å². The summed E-state index contributed by atoms with van der Waals surface area (Å²) in [6.45, 7) is 2.48. The molecule has 0 aromatic rings. The molecule has 0 aromatic heterocycles. The van der Waals surface area contributed by atoms with E-state index in [1.807, 2.05) is 6.92 Å². The standard InChI is InChI=1S/C8H14O4/c1-2-3-6(8(9)10)7-4-5-11-12-7/h6-7H,2-5H2,1H3,(H,9,10). The second-order valence-corrected chi connectivity index (χ2v) is 2.98. The average molecular weight is 174 g/mol. The van der Waals surface area contributed by atoms with Crippen LogP contribution in [0.15, 0.2) is 0 Å². The monoisotopic (exact) mass is 174 g/mol. The van der Waals surface area contributed by atoms with Crippen molar-refractivity contribution in [2.24, 2.45) is 5.92 Å². The number of hydrogen-bond acceptors (Lipinski definition) is 3. The van der Waals surface area contributed by atoms with E-state index >= 15 is 0 Å². The van der Waals surface area contributed by atoms with Gasteiger partial charge in [0.15, 0.2) is 0 Å². The fourth-order valence-corrected chi connectivity index (χ4v) is 1.40. The molecule has 0 amide bonds. The molecule has 12 heavy (non-hydrogen) atoms. The van der Waals surface area contributed by atoms with Gasteiger partial charge < -0.3 is 5.11 Å². The van der Waals surface area contributed by atoms with E-state index in [1.54, 1.807) is 0 Å². The van der Waals surface area contributed by atoms with Crippen molar-refractivity contribution in [2.75, 3.05) is 6.61 Å². The molecule has 2 unspecified atom stereocenters. The Kier molecular flexibility index (Phi) is 3.49. The Hall–Kier alpha value is -0.610. The summed E-state index contributed by atoms with van der Waals surface area (Å²) in [5.74, 6) is -1.19. The van der Waals surface area contributed by atoms with Gasteiger partial charge in [-0.05, 0) is 6.42 Å². The number of hydrogen-bond donors (Lipinski definition) is 1. The molecule has 0 radical (unpaired) electrons. The molecule has 1 rings (SSSR count). The molecule has 1 aliphatic heterocycles. The van der Waals surface area contributed by atoms with Crippen molar-refractivity contribution < 1.29 is 19.7 Å². The molecule has 4 heteroatoms. The van der Waals surface area contributed by atoms with Crippen LogP contribution in [0.5, 0.6) is 0 Å². The molecular weight excluding hydrogens is 160 g/mol. The van der Waals surface area contributed by atoms with Gasteiger partial charge in [0.25, 0.3) is 0 Å². The van der Waals surface area contributed by atoms with Gasteiger partial charge in [-0.25, -0.2) is 9.78 Å². The van der Waals surface area contributed by atoms with Crippen LogP contribution in [0.4, 0.5) is 0 Å². The lowest BCUT2D eigenvalue weighted by Gasteiger charge is -2.15. The van der Waals surface area contributed by atoms with Crippen molar-refractivity contribution in [3.8, 4) is 0 Å². The van der Waals surface area contributed by atoms with Crippen LogP contribution >= 0.6 is 0 Å². The summed E-state index contributed by atoms with van der Waals surface area (Å²) in [5, 5.41) is 8.83. The van der Waals surface area contributed by atoms with Gasteiger partial charge in [0, 0.05) is 6.42 Å². The Morgan fingerprint density at radius 1 is 1.75 bits per heavy atom. The van der Waals surface area contributed by atoms with Crippen molar-refractivity contribution >= 4 is 5.97 Å². The molecule has 0 bridgehead atoms. The molecule has 1 N–H and O–H groups in total. The maximum atomic E-state index is 10.7. The molecule has 1 heterocycles. The summed E-state index contributed by atoms with van der Waals surface area (Å²) in [7, 11) is 0. The van der Waals surface area contributed by atoms with Gasteiger partial charge in [-0.1, -0.05) is 13.3 Å². The van der Waals surface area contributed by atoms with Gasteiger partial charge in [-0.15, -0.1) is 0 Å². The van der Waals surface area contributed by atoms with Gasteiger partial charge in [0.1, 0.15) is 6.10 Å². The van der Waals surface area contributed by atoms with E-state index in [9.17, 15) is 4.79 Å². The summed E-state index contributed by atoms with van der Waals surface area (Å²) in [4.78, 5) is 20.3. The quantitative estimate of drug-likeness (QED) is 0.651. The zero-order valence-electron chi connectivity index (χ0n) is 7.16. The minimum absolute atomic E-state index is 0.248. The molecule has 1 aliphatic rings. The average Bonchev–Trinajstić information content (AvgIpc) is 2.51. The Labute approximate surface area is 71.4 Å². The van der Waals surface area contributed by atoms with E-state index in [2.05, 4.69) is 4.89 Å². The SMILES string of the molecule is CCCC(C(=O)O)C1CCOO1. The predicted octanol–water partition coefficient (Wildman–Crippen LogP) is 1.21. The zero-order chi connectivity index (χ0) is 8.97. The molecule has 1 saturated heterocycles. The van der Waals surface area contributed by atoms with Crippen LogP contribution in [0.3, 0.4) is 0 Å². The van der Waals surface area contributed by atoms with Crippen LogP contribution in [0.25, 0.3) is 0 Å². The third-order valence-electron chi connectivity index (χ3n) is 2.04. The largest absolute Gasteiger partial charge is 0.481 e. The Balaban J connectivity index is 2.45. The fraction of sp³-hybridized carbons (Fsp3) is 0.875. The number of carbonyl (C=O) groups is 1. The molecule has 4 nitrogen and oxygen atoms in total. The number of rotatable bonds is 4. The third-order valence-corrected chi connectivity index (χ3v) is 2.04. The first kappa shape index (κ1) is 9.48. The molecule has 0 aliphatic carbocycles. The van der Waals surface area contributed by atoms with Crippen LogP contribution in [-0.4, -0.2) is 23.8 Å². The van der Waals surface area contributed by atoms with Gasteiger partial charge in [0.05, 0.1) is 12.5 Å². The van der Waals surface area contributed by atoms with E-state index in [0.29, 0.717) is 19.4 Å². The highest BCUT2D eigenvalue weighted by molar-refractivity contribution is 5.70. The zero-order valence-corrected chi connectivity index (χ0v) is 7.16. The van der Waals surface area contributed by atoms with Gasteiger partial charge in [-0.3, -0.25) is 4.79 Å². The summed E-state index contributed by atoms with van der Waals surface area (Å²) >= 11 is 0. The van der Waals surface area contributed by atoms with E-state index in [4.69, 9.17) is 9.99 Å². The van der Waals surface area contributed by atoms with Crippen molar-refractivity contribution in [1.29, 1.82) is 0 Å². The molecule has 0 spiro atoms. The van der Waals surface area contributed by atoms with Crippen molar-refractivity contribution in [1.82, 2.24) is 0 Å². The van der Waals surface area contributed by atoms with Gasteiger partial charge in [-0.2, -0.15) is 0 Å². The van der Waals surface area contributed by atoms with Gasteiger partial charge >= 0.3 is 5.97 Å². The Morgan fingerprint density at radius 2 is 2.50 bits per heavy atom. The summed E-state index contributed by atoms with van der Waals surface area (Å²) < 4.78 is 0. The molecular formula is C8H14O4. The highest BCUT2D eigenvalue weighted by Crippen LogP contribution is 2.22. The summed E-state index contributed by atoms with van der Waals surface area (Å²) in [5.41, 5.74) is 0. The predicted molar refractivity (Wildman–Crippen MR) is 41.5 cm³/mol. The molecule has 70 valence electrons. The van der Waals surface area contributed by atoms with E-state index < -0.39 is 11.9 Å². The second kappa shape index (κ2) is 4.42. The number of aliphatic carboxylic acids is 1. The number of carboxylic acids is 1. The molecule has 2 atom stereocenters. The Morgan fingerprint density at radius 3 is 2.92 bits per heavy atom. The minimum atomic E-state index is -0.785. The molecule has 0 aromatic carbocycles. The van der Waals surface area contributed by atoms with Crippen LogP contribution < -0.4 is 0 Å². The summed E-state index contributed by atoms with van der Waals surface area (Å²) in [6.07, 6.45) is 1.96. The lowest BCUT2D eigenvalue weighted by atomic mass is 9.96. The highest BCUT2D eigenvalue weighted by atomic mass is 17.2. The van der Waals surface area contributed by atoms with Crippen molar-refractivity contribution in [2.45, 2.75) is 32.3 Å². The Bertz CT molecular complexity index is 151. The van der Waals surface area contributed by atoms with Crippen LogP contribution in [-0.2, 0) is 14.6 Å². The molecule has 0 saturated carbocycles.